The van der Waals surface area contributed by atoms with Crippen LogP contribution in [0.5, 0.6) is 5.75 Å². The van der Waals surface area contributed by atoms with E-state index in [0.717, 1.165) is 6.42 Å². The van der Waals surface area contributed by atoms with Crippen LogP contribution in [0, 0.1) is 33.8 Å². The third kappa shape index (κ3) is 2.96. The Hall–Kier alpha value is -4.01. The van der Waals surface area contributed by atoms with E-state index in [1.54, 1.807) is 12.1 Å². The number of imide groups is 1. The molecule has 0 aromatic heterocycles. The molecule has 3 amide bonds. The summed E-state index contributed by atoms with van der Waals surface area (Å²) >= 11 is 0. The first-order valence-electron chi connectivity index (χ1n) is 10.2. The van der Waals surface area contributed by atoms with E-state index in [4.69, 9.17) is 4.74 Å². The first kappa shape index (κ1) is 19.9. The normalized spacial score (nSPS) is 25.2. The number of hydrogen-bond donors (Lipinski definition) is 1. The summed E-state index contributed by atoms with van der Waals surface area (Å²) in [5, 5.41) is 13.6. The average molecular weight is 433 g/mol. The highest BCUT2D eigenvalue weighted by Crippen LogP contribution is 2.53. The number of nitro groups is 1. The van der Waals surface area contributed by atoms with E-state index in [9.17, 15) is 24.5 Å². The Balaban J connectivity index is 1.33. The molecule has 2 aromatic rings. The van der Waals surface area contributed by atoms with Crippen LogP contribution in [0.25, 0.3) is 0 Å². The number of carbonyl (C=O) groups excluding carboxylic acids is 3. The molecule has 2 aromatic carbocycles. The molecule has 4 atom stereocenters. The molecule has 1 aliphatic heterocycles. The number of anilines is 2. The summed E-state index contributed by atoms with van der Waals surface area (Å²) in [6, 6.07) is 10.1. The van der Waals surface area contributed by atoms with Crippen LogP contribution in [0.3, 0.4) is 0 Å². The fraction of sp³-hybridized carbons (Fsp3) is 0.261. The van der Waals surface area contributed by atoms with Crippen molar-refractivity contribution >= 4 is 34.8 Å². The third-order valence-corrected chi connectivity index (χ3v) is 6.50. The minimum absolute atomic E-state index is 0.133. The van der Waals surface area contributed by atoms with Gasteiger partial charge in [-0.2, -0.15) is 0 Å². The van der Waals surface area contributed by atoms with E-state index in [1.165, 1.54) is 42.3 Å². The molecule has 0 unspecified atom stereocenters. The molecule has 32 heavy (non-hydrogen) atoms. The molecule has 5 rings (SSSR count). The van der Waals surface area contributed by atoms with Crippen molar-refractivity contribution in [1.29, 1.82) is 0 Å². The number of nitro benzene ring substituents is 1. The van der Waals surface area contributed by atoms with Gasteiger partial charge >= 0.3 is 0 Å². The number of ether oxygens (including phenoxy) is 1. The highest BCUT2D eigenvalue weighted by Gasteiger charge is 2.59. The van der Waals surface area contributed by atoms with E-state index in [0.29, 0.717) is 11.3 Å². The van der Waals surface area contributed by atoms with E-state index >= 15 is 0 Å². The number of allylic oxidation sites excluding steroid dienone is 2. The Bertz CT molecular complexity index is 1160. The second kappa shape index (κ2) is 7.30. The lowest BCUT2D eigenvalue weighted by Gasteiger charge is -2.17. The van der Waals surface area contributed by atoms with Crippen LogP contribution in [0.2, 0.25) is 0 Å². The largest absolute Gasteiger partial charge is 0.494 e. The molecule has 9 heteroatoms. The lowest BCUT2D eigenvalue weighted by Crippen LogP contribution is -2.32. The molecule has 3 aliphatic rings. The van der Waals surface area contributed by atoms with Crippen molar-refractivity contribution in [3.05, 3.63) is 70.3 Å². The molecular weight excluding hydrogens is 414 g/mol. The highest BCUT2D eigenvalue weighted by molar-refractivity contribution is 6.23. The number of amides is 3. The van der Waals surface area contributed by atoms with Gasteiger partial charge in [0.2, 0.25) is 11.8 Å². The fourth-order valence-corrected chi connectivity index (χ4v) is 5.01. The molecule has 0 spiro atoms. The zero-order valence-corrected chi connectivity index (χ0v) is 17.1. The molecule has 2 aliphatic carbocycles. The second-order valence-corrected chi connectivity index (χ2v) is 8.15. The molecule has 1 saturated heterocycles. The number of benzene rings is 2. The van der Waals surface area contributed by atoms with E-state index < -0.39 is 10.8 Å². The Kier molecular flexibility index (Phi) is 4.54. The lowest BCUT2D eigenvalue weighted by atomic mass is 9.85. The van der Waals surface area contributed by atoms with Crippen molar-refractivity contribution in [2.24, 2.45) is 23.7 Å². The summed E-state index contributed by atoms with van der Waals surface area (Å²) in [5.74, 6) is -0.949. The molecule has 2 bridgehead atoms. The summed E-state index contributed by atoms with van der Waals surface area (Å²) in [7, 11) is 1.35. The van der Waals surface area contributed by atoms with E-state index in [-0.39, 0.29) is 52.6 Å². The average Bonchev–Trinajstić information content (AvgIpc) is 3.47. The number of hydrogen-bond acceptors (Lipinski definition) is 6. The molecule has 1 heterocycles. The first-order chi connectivity index (χ1) is 15.4. The van der Waals surface area contributed by atoms with Crippen molar-refractivity contribution in [2.45, 2.75) is 6.42 Å². The Morgan fingerprint density at radius 1 is 1.06 bits per heavy atom. The summed E-state index contributed by atoms with van der Waals surface area (Å²) in [4.78, 5) is 50.1. The molecule has 0 radical (unpaired) electrons. The highest BCUT2D eigenvalue weighted by atomic mass is 16.6. The Morgan fingerprint density at radius 2 is 1.69 bits per heavy atom. The minimum Gasteiger partial charge on any atom is -0.494 e. The van der Waals surface area contributed by atoms with Gasteiger partial charge in [0.15, 0.2) is 0 Å². The predicted molar refractivity (Wildman–Crippen MR) is 114 cm³/mol. The quantitative estimate of drug-likeness (QED) is 0.335. The molecule has 2 fully saturated rings. The van der Waals surface area contributed by atoms with Gasteiger partial charge in [-0.1, -0.05) is 12.2 Å². The Labute approximate surface area is 182 Å². The zero-order valence-electron chi connectivity index (χ0n) is 17.1. The number of nitrogens with one attached hydrogen (secondary N) is 1. The van der Waals surface area contributed by atoms with Gasteiger partial charge in [-0.25, -0.2) is 0 Å². The molecule has 1 N–H and O–H groups in total. The van der Waals surface area contributed by atoms with E-state index in [2.05, 4.69) is 5.32 Å². The van der Waals surface area contributed by atoms with Crippen LogP contribution >= 0.6 is 0 Å². The van der Waals surface area contributed by atoms with Crippen LogP contribution < -0.4 is 15.0 Å². The molecular formula is C23H19N3O6. The van der Waals surface area contributed by atoms with Crippen LogP contribution in [0.4, 0.5) is 17.1 Å². The summed E-state index contributed by atoms with van der Waals surface area (Å²) in [5.41, 5.74) is 0.874. The van der Waals surface area contributed by atoms with Crippen molar-refractivity contribution in [1.82, 2.24) is 0 Å². The number of non-ortho nitro benzene ring substituents is 1. The number of methoxy groups -OCH3 is 1. The topological polar surface area (TPSA) is 119 Å². The van der Waals surface area contributed by atoms with Crippen LogP contribution in [0.1, 0.15) is 16.8 Å². The maximum Gasteiger partial charge on any atom is 0.273 e. The number of carbonyl (C=O) groups is 3. The standard InChI is InChI=1S/C23H19N3O6/c1-32-18-11-16(26(30)31)8-9-17(18)24-21(27)12-4-6-15(7-5-12)25-22(28)19-13-2-3-14(10-13)20(19)23(25)29/h2-9,11,13-14,19-20H,10H2,1H3,(H,24,27)/t13-,14-,19+,20+/m0/s1. The van der Waals surface area contributed by atoms with Gasteiger partial charge in [0.25, 0.3) is 11.6 Å². The van der Waals surface area contributed by atoms with Crippen molar-refractivity contribution in [2.75, 3.05) is 17.3 Å². The van der Waals surface area contributed by atoms with Gasteiger partial charge in [-0.15, -0.1) is 0 Å². The van der Waals surface area contributed by atoms with Crippen LogP contribution in [0.15, 0.2) is 54.6 Å². The lowest BCUT2D eigenvalue weighted by molar-refractivity contribution is -0.384. The van der Waals surface area contributed by atoms with Gasteiger partial charge in [0, 0.05) is 11.6 Å². The van der Waals surface area contributed by atoms with Gasteiger partial charge in [-0.3, -0.25) is 29.4 Å². The number of nitrogens with zero attached hydrogens (tertiary/aromatic N) is 2. The maximum atomic E-state index is 12.9. The molecule has 1 saturated carbocycles. The van der Waals surface area contributed by atoms with Gasteiger partial charge in [-0.05, 0) is 48.6 Å². The fourth-order valence-electron chi connectivity index (χ4n) is 5.01. The molecule has 162 valence electrons. The Morgan fingerprint density at radius 3 is 2.25 bits per heavy atom. The predicted octanol–water partition coefficient (Wildman–Crippen LogP) is 3.17. The van der Waals surface area contributed by atoms with Crippen molar-refractivity contribution < 1.29 is 24.0 Å². The van der Waals surface area contributed by atoms with Gasteiger partial charge in [0.05, 0.1) is 41.3 Å². The van der Waals surface area contributed by atoms with Crippen LogP contribution in [-0.4, -0.2) is 29.8 Å². The van der Waals surface area contributed by atoms with Crippen LogP contribution in [-0.2, 0) is 9.59 Å². The SMILES string of the molecule is COc1cc([N+](=O)[O-])ccc1NC(=O)c1ccc(N2C(=O)[C@H]3[C@H](C2=O)[C@H]2C=C[C@H]3C2)cc1. The minimum atomic E-state index is -0.552. The molecule has 9 nitrogen and oxygen atoms in total. The maximum absolute atomic E-state index is 12.9. The van der Waals surface area contributed by atoms with Crippen molar-refractivity contribution in [3.63, 3.8) is 0 Å². The van der Waals surface area contributed by atoms with Crippen molar-refractivity contribution in [3.8, 4) is 5.75 Å². The number of fused-ring (bicyclic) bond motifs is 5. The number of rotatable bonds is 5. The zero-order chi connectivity index (χ0) is 22.6. The second-order valence-electron chi connectivity index (χ2n) is 8.15. The summed E-state index contributed by atoms with van der Waals surface area (Å²) in [6.07, 6.45) is 4.95. The monoisotopic (exact) mass is 433 g/mol. The smallest absolute Gasteiger partial charge is 0.273 e. The van der Waals surface area contributed by atoms with Gasteiger partial charge in [0.1, 0.15) is 5.75 Å². The third-order valence-electron chi connectivity index (χ3n) is 6.50. The van der Waals surface area contributed by atoms with Gasteiger partial charge < -0.3 is 10.1 Å². The summed E-state index contributed by atoms with van der Waals surface area (Å²) in [6.45, 7) is 0. The van der Waals surface area contributed by atoms with E-state index in [1.807, 2.05) is 12.2 Å². The first-order valence-corrected chi connectivity index (χ1v) is 10.2. The summed E-state index contributed by atoms with van der Waals surface area (Å²) < 4.78 is 5.14.